The first-order chi connectivity index (χ1) is 16.0. The number of aromatic amines is 1. The van der Waals surface area contributed by atoms with Crippen LogP contribution in [0.2, 0.25) is 5.02 Å². The number of fused-ring (bicyclic) bond motifs is 1. The number of benzene rings is 1. The number of halogens is 4. The van der Waals surface area contributed by atoms with Crippen LogP contribution >= 0.6 is 11.6 Å². The van der Waals surface area contributed by atoms with Crippen molar-refractivity contribution >= 4 is 40.2 Å². The molecule has 1 aliphatic rings. The molecule has 3 aromatic rings. The SMILES string of the molecule is Cc1[nH]c2ccc(C(=O)OCC(=O)N3CCN(c4ncc(C(F)(F)F)cc4Cl)CC3)cc2c1C. The summed E-state index contributed by atoms with van der Waals surface area (Å²) in [5.74, 6) is -0.707. The number of hydrogen-bond donors (Lipinski definition) is 1. The van der Waals surface area contributed by atoms with Gasteiger partial charge in [-0.3, -0.25) is 4.79 Å². The number of amides is 1. The van der Waals surface area contributed by atoms with Crippen LogP contribution in [0.25, 0.3) is 10.9 Å². The van der Waals surface area contributed by atoms with Crippen LogP contribution in [0.1, 0.15) is 27.2 Å². The van der Waals surface area contributed by atoms with E-state index in [9.17, 15) is 22.8 Å². The van der Waals surface area contributed by atoms with Crippen molar-refractivity contribution in [2.24, 2.45) is 0 Å². The first-order valence-corrected chi connectivity index (χ1v) is 10.9. The second kappa shape index (κ2) is 9.17. The van der Waals surface area contributed by atoms with E-state index in [1.807, 2.05) is 13.8 Å². The molecule has 7 nitrogen and oxygen atoms in total. The van der Waals surface area contributed by atoms with E-state index < -0.39 is 24.3 Å². The molecule has 11 heteroatoms. The molecule has 0 unspecified atom stereocenters. The monoisotopic (exact) mass is 494 g/mol. The van der Waals surface area contributed by atoms with Crippen molar-refractivity contribution in [1.29, 1.82) is 0 Å². The fourth-order valence-electron chi connectivity index (χ4n) is 3.88. The summed E-state index contributed by atoms with van der Waals surface area (Å²) in [4.78, 5) is 35.3. The number of aryl methyl sites for hydroxylation is 2. The standard InChI is InChI=1S/C23H22ClF3N4O3/c1-13-14(2)29-19-4-3-15(9-17(13)19)22(33)34-12-20(32)30-5-7-31(8-6-30)21-18(24)10-16(11-28-21)23(25,26)27/h3-4,9-11,29H,5-8,12H2,1-2H3. The lowest BCUT2D eigenvalue weighted by Crippen LogP contribution is -2.50. The minimum atomic E-state index is -4.52. The molecule has 0 atom stereocenters. The summed E-state index contributed by atoms with van der Waals surface area (Å²) in [6, 6.07) is 6.02. The van der Waals surface area contributed by atoms with E-state index in [2.05, 4.69) is 9.97 Å². The number of nitrogens with zero attached hydrogens (tertiary/aromatic N) is 3. The summed E-state index contributed by atoms with van der Waals surface area (Å²) in [5.41, 5.74) is 2.42. The van der Waals surface area contributed by atoms with Crippen LogP contribution in [0, 0.1) is 13.8 Å². The molecule has 0 bridgehead atoms. The van der Waals surface area contributed by atoms with Crippen LogP contribution in [-0.4, -0.2) is 59.5 Å². The number of ether oxygens (including phenoxy) is 1. The largest absolute Gasteiger partial charge is 0.452 e. The molecule has 0 saturated carbocycles. The second-order valence-electron chi connectivity index (χ2n) is 8.11. The van der Waals surface area contributed by atoms with Crippen molar-refractivity contribution < 1.29 is 27.5 Å². The van der Waals surface area contributed by atoms with Crippen LogP contribution in [0.5, 0.6) is 0 Å². The van der Waals surface area contributed by atoms with Crippen LogP contribution in [0.15, 0.2) is 30.5 Å². The second-order valence-corrected chi connectivity index (χ2v) is 8.51. The number of hydrogen-bond acceptors (Lipinski definition) is 5. The summed E-state index contributed by atoms with van der Waals surface area (Å²) in [6.07, 6.45) is -3.78. The van der Waals surface area contributed by atoms with Gasteiger partial charge in [-0.25, -0.2) is 9.78 Å². The third-order valence-corrected chi connectivity index (χ3v) is 6.23. The average molecular weight is 495 g/mol. The van der Waals surface area contributed by atoms with Crippen molar-refractivity contribution in [2.75, 3.05) is 37.7 Å². The normalized spacial score (nSPS) is 14.5. The molecule has 0 radical (unpaired) electrons. The minimum Gasteiger partial charge on any atom is -0.452 e. The lowest BCUT2D eigenvalue weighted by atomic mass is 10.1. The number of piperazine rings is 1. The Labute approximate surface area is 198 Å². The van der Waals surface area contributed by atoms with E-state index in [-0.39, 0.29) is 16.7 Å². The number of rotatable bonds is 4. The Balaban J connectivity index is 1.32. The van der Waals surface area contributed by atoms with Gasteiger partial charge in [0.15, 0.2) is 6.61 Å². The maximum absolute atomic E-state index is 12.8. The summed E-state index contributed by atoms with van der Waals surface area (Å²) in [6.45, 7) is 4.77. The Morgan fingerprint density at radius 3 is 2.50 bits per heavy atom. The van der Waals surface area contributed by atoms with Crippen molar-refractivity contribution in [3.8, 4) is 0 Å². The van der Waals surface area contributed by atoms with Gasteiger partial charge in [-0.2, -0.15) is 13.2 Å². The highest BCUT2D eigenvalue weighted by molar-refractivity contribution is 6.33. The molecular formula is C23H22ClF3N4O3. The highest BCUT2D eigenvalue weighted by Gasteiger charge is 2.32. The van der Waals surface area contributed by atoms with E-state index in [0.717, 1.165) is 34.4 Å². The van der Waals surface area contributed by atoms with Crippen LogP contribution < -0.4 is 4.90 Å². The van der Waals surface area contributed by atoms with E-state index in [0.29, 0.717) is 31.7 Å². The quantitative estimate of drug-likeness (QED) is 0.545. The number of carbonyl (C=O) groups excluding carboxylic acids is 2. The van der Waals surface area contributed by atoms with Gasteiger partial charge in [-0.1, -0.05) is 11.6 Å². The van der Waals surface area contributed by atoms with Gasteiger partial charge in [0.1, 0.15) is 5.82 Å². The maximum atomic E-state index is 12.8. The van der Waals surface area contributed by atoms with Crippen molar-refractivity contribution in [3.05, 3.63) is 57.9 Å². The van der Waals surface area contributed by atoms with Gasteiger partial charge in [-0.15, -0.1) is 0 Å². The molecule has 2 aromatic heterocycles. The Morgan fingerprint density at radius 2 is 1.85 bits per heavy atom. The van der Waals surface area contributed by atoms with Gasteiger partial charge in [0.25, 0.3) is 5.91 Å². The first kappa shape index (κ1) is 23.9. The summed E-state index contributed by atoms with van der Waals surface area (Å²) in [5, 5.41) is 0.818. The van der Waals surface area contributed by atoms with Gasteiger partial charge in [-0.05, 0) is 43.7 Å². The van der Waals surface area contributed by atoms with Crippen LogP contribution in [0.4, 0.5) is 19.0 Å². The predicted octanol–water partition coefficient (Wildman–Crippen LogP) is 4.36. The average Bonchev–Trinajstić information content (AvgIpc) is 3.09. The number of H-pyrrole nitrogens is 1. The predicted molar refractivity (Wildman–Crippen MR) is 121 cm³/mol. The zero-order chi connectivity index (χ0) is 24.6. The number of pyridine rings is 1. The molecule has 180 valence electrons. The Morgan fingerprint density at radius 1 is 1.15 bits per heavy atom. The summed E-state index contributed by atoms with van der Waals surface area (Å²) < 4.78 is 43.7. The van der Waals surface area contributed by atoms with Crippen molar-refractivity contribution in [1.82, 2.24) is 14.9 Å². The third-order valence-electron chi connectivity index (χ3n) is 5.95. The van der Waals surface area contributed by atoms with Crippen LogP contribution in [-0.2, 0) is 15.7 Å². The highest BCUT2D eigenvalue weighted by atomic mass is 35.5. The molecule has 0 spiro atoms. The molecule has 34 heavy (non-hydrogen) atoms. The Hall–Kier alpha value is -3.27. The fraction of sp³-hybridized carbons (Fsp3) is 0.348. The first-order valence-electron chi connectivity index (χ1n) is 10.6. The van der Waals surface area contributed by atoms with Crippen molar-refractivity contribution in [3.63, 3.8) is 0 Å². The van der Waals surface area contributed by atoms with Gasteiger partial charge in [0.2, 0.25) is 0 Å². The molecular weight excluding hydrogens is 473 g/mol. The van der Waals surface area contributed by atoms with Gasteiger partial charge >= 0.3 is 12.1 Å². The fourth-order valence-corrected chi connectivity index (χ4v) is 4.16. The van der Waals surface area contributed by atoms with Gasteiger partial charge in [0, 0.05) is 49.0 Å². The smallest absolute Gasteiger partial charge is 0.417 e. The molecule has 1 amide bonds. The summed E-state index contributed by atoms with van der Waals surface area (Å²) in [7, 11) is 0. The number of nitrogens with one attached hydrogen (secondary N) is 1. The Kier molecular flexibility index (Phi) is 6.44. The number of alkyl halides is 3. The zero-order valence-corrected chi connectivity index (χ0v) is 19.3. The van der Waals surface area contributed by atoms with E-state index in [1.165, 1.54) is 4.90 Å². The number of anilines is 1. The molecule has 0 aliphatic carbocycles. The maximum Gasteiger partial charge on any atom is 0.417 e. The van der Waals surface area contributed by atoms with Crippen LogP contribution in [0.3, 0.4) is 0 Å². The summed E-state index contributed by atoms with van der Waals surface area (Å²) >= 11 is 6.01. The minimum absolute atomic E-state index is 0.103. The topological polar surface area (TPSA) is 78.5 Å². The molecule has 1 fully saturated rings. The van der Waals surface area contributed by atoms with E-state index >= 15 is 0 Å². The van der Waals surface area contributed by atoms with E-state index in [1.54, 1.807) is 23.1 Å². The lowest BCUT2D eigenvalue weighted by Gasteiger charge is -2.35. The van der Waals surface area contributed by atoms with Crippen molar-refractivity contribution in [2.45, 2.75) is 20.0 Å². The van der Waals surface area contributed by atoms with Gasteiger partial charge in [0.05, 0.1) is 16.1 Å². The third kappa shape index (κ3) is 4.82. The number of carbonyl (C=O) groups is 2. The molecule has 1 saturated heterocycles. The number of aromatic nitrogens is 2. The highest BCUT2D eigenvalue weighted by Crippen LogP contribution is 2.33. The molecule has 1 aromatic carbocycles. The lowest BCUT2D eigenvalue weighted by molar-refractivity contribution is -0.138. The van der Waals surface area contributed by atoms with E-state index in [4.69, 9.17) is 16.3 Å². The number of esters is 1. The zero-order valence-electron chi connectivity index (χ0n) is 18.5. The molecule has 4 rings (SSSR count). The Bertz CT molecular complexity index is 1250. The molecule has 3 heterocycles. The van der Waals surface area contributed by atoms with Gasteiger partial charge < -0.3 is 19.5 Å². The molecule has 1 aliphatic heterocycles. The molecule has 1 N–H and O–H groups in total.